The van der Waals surface area contributed by atoms with E-state index in [-0.39, 0.29) is 133 Å². The van der Waals surface area contributed by atoms with Crippen LogP contribution in [0.5, 0.6) is 0 Å². The number of H-pyrrole nitrogens is 1. The van der Waals surface area contributed by atoms with Crippen LogP contribution in [0, 0.1) is 23.6 Å². The molecular weight excluding hydrogens is 1540 g/mol. The number of hydrogen-bond acceptors (Lipinski definition) is 22. The summed E-state index contributed by atoms with van der Waals surface area (Å²) in [5.74, 6) is -21.2. The average Bonchev–Trinajstić information content (AvgIpc) is 1.21. The molecule has 43 heteroatoms. The fraction of sp³-hybridized carbons (Fsp3) is 0.635. The van der Waals surface area contributed by atoms with Gasteiger partial charge in [-0.05, 0) is 138 Å². The number of aromatic nitrogens is 2. The summed E-state index contributed by atoms with van der Waals surface area (Å²) in [5, 5.41) is 73.4. The number of carbonyl (C=O) groups excluding carboxylic acids is 14. The zero-order valence-electron chi connectivity index (χ0n) is 67.0. The van der Waals surface area contributed by atoms with Crippen LogP contribution in [0.4, 0.5) is 4.39 Å². The first kappa shape index (κ1) is 99.7. The highest BCUT2D eigenvalue weighted by Crippen LogP contribution is 2.20. The molecule has 0 saturated carbocycles. The molecule has 27 N–H and O–H groups in total. The van der Waals surface area contributed by atoms with E-state index in [4.69, 9.17) is 22.9 Å². The van der Waals surface area contributed by atoms with Crippen molar-refractivity contribution in [1.29, 1.82) is 0 Å². The molecule has 2 aromatic rings. The molecule has 0 aliphatic carbocycles. The number of carboxylic acid groups (broad SMARTS) is 3. The molecule has 1 aliphatic rings. The SMILES string of the molecule is CCC(C)[C@H](NC(=O)[C@H](CCCCN)NC(=O)[C@H](Cc1cnc[nH]1)NC(=O)[C@H](CCCCN)NC(=O)[C@H](CCC(=O)O)NC(C)=O)C(=O)NC(C(=O)N[C@H]1CCC(=O)NCCC[C@@H](C(=O)N[C@@H](CC(=O)O)C(=O)N[C@@H](CO)C(=O)O)NC(=O)[C@H](CC(C)C)NC(=O)[C@H](CC(C)C)NC(=O)[C@H](CCCN=C(N)N)NC1=O)c1ccc(F)cc1. The van der Waals surface area contributed by atoms with Crippen LogP contribution in [0.15, 0.2) is 41.8 Å². The third-order valence-electron chi connectivity index (χ3n) is 18.6. The van der Waals surface area contributed by atoms with Gasteiger partial charge >= 0.3 is 17.9 Å². The smallest absolute Gasteiger partial charge is 0.328 e. The number of benzene rings is 1. The number of carboxylic acids is 3. The lowest BCUT2D eigenvalue weighted by Gasteiger charge is -2.30. The fourth-order valence-corrected chi connectivity index (χ4v) is 12.2. The van der Waals surface area contributed by atoms with Crippen LogP contribution in [-0.2, 0) is 87.9 Å². The van der Waals surface area contributed by atoms with Gasteiger partial charge in [-0.15, -0.1) is 0 Å². The quantitative estimate of drug-likeness (QED) is 0.0168. The monoisotopic (exact) mass is 1660 g/mol. The summed E-state index contributed by atoms with van der Waals surface area (Å²) in [7, 11) is 0. The number of aliphatic hydroxyl groups excluding tert-OH is 1. The van der Waals surface area contributed by atoms with Crippen molar-refractivity contribution in [3.8, 4) is 0 Å². The van der Waals surface area contributed by atoms with Gasteiger partial charge in [0.15, 0.2) is 5.96 Å². The molecule has 0 spiro atoms. The zero-order chi connectivity index (χ0) is 87.6. The van der Waals surface area contributed by atoms with Crippen LogP contribution in [-0.4, -0.2) is 242 Å². The fourth-order valence-electron chi connectivity index (χ4n) is 12.2. The van der Waals surface area contributed by atoms with Crippen molar-refractivity contribution in [3.05, 3.63) is 53.9 Å². The first-order chi connectivity index (χ1) is 55.3. The van der Waals surface area contributed by atoms with Gasteiger partial charge in [-0.2, -0.15) is 0 Å². The molecule has 652 valence electrons. The number of nitrogens with one attached hydrogen (secondary N) is 15. The summed E-state index contributed by atoms with van der Waals surface area (Å²) in [6.45, 7) is 9.97. The van der Waals surface area contributed by atoms with E-state index in [1.54, 1.807) is 41.5 Å². The molecule has 3 rings (SSSR count). The van der Waals surface area contributed by atoms with E-state index >= 15 is 14.4 Å². The van der Waals surface area contributed by atoms with Crippen LogP contribution in [0.25, 0.3) is 0 Å². The lowest BCUT2D eigenvalue weighted by Crippen LogP contribution is -2.61. The molecule has 1 aromatic heterocycles. The second kappa shape index (κ2) is 52.2. The molecular formula is C74H118FN21O21. The Morgan fingerprint density at radius 2 is 1.13 bits per heavy atom. The summed E-state index contributed by atoms with van der Waals surface area (Å²) < 4.78 is 14.9. The van der Waals surface area contributed by atoms with Crippen LogP contribution in [0.3, 0.4) is 0 Å². The molecule has 14 amide bonds. The van der Waals surface area contributed by atoms with Gasteiger partial charge in [0.25, 0.3) is 0 Å². The minimum atomic E-state index is -2.00. The van der Waals surface area contributed by atoms with E-state index in [2.05, 4.69) is 84.1 Å². The molecule has 117 heavy (non-hydrogen) atoms. The van der Waals surface area contributed by atoms with Crippen molar-refractivity contribution in [2.24, 2.45) is 45.7 Å². The second-order valence-electron chi connectivity index (χ2n) is 29.4. The Bertz CT molecular complexity index is 3700. The summed E-state index contributed by atoms with van der Waals surface area (Å²) >= 11 is 0. The summed E-state index contributed by atoms with van der Waals surface area (Å²) in [5.41, 5.74) is 23.1. The molecule has 1 aromatic carbocycles. The number of halogens is 1. The van der Waals surface area contributed by atoms with Crippen molar-refractivity contribution in [2.75, 3.05) is 32.8 Å². The molecule has 0 radical (unpaired) electrons. The number of imidazole rings is 1. The number of amides is 14. The van der Waals surface area contributed by atoms with E-state index in [0.29, 0.717) is 18.5 Å². The molecule has 1 fully saturated rings. The molecule has 1 aliphatic heterocycles. The first-order valence-electron chi connectivity index (χ1n) is 38.9. The normalized spacial score (nSPS) is 18.8. The number of unbranched alkanes of at least 4 members (excludes halogenated alkanes) is 2. The van der Waals surface area contributed by atoms with Crippen LogP contribution >= 0.6 is 0 Å². The highest BCUT2D eigenvalue weighted by atomic mass is 19.1. The number of rotatable bonds is 45. The Morgan fingerprint density at radius 1 is 0.598 bits per heavy atom. The summed E-state index contributed by atoms with van der Waals surface area (Å²) in [6.07, 6.45) is -0.672. The maximum absolute atomic E-state index is 15.2. The zero-order valence-corrected chi connectivity index (χ0v) is 67.0. The Labute approximate surface area is 676 Å². The second-order valence-corrected chi connectivity index (χ2v) is 29.4. The van der Waals surface area contributed by atoms with Gasteiger partial charge in [0, 0.05) is 51.2 Å². The summed E-state index contributed by atoms with van der Waals surface area (Å²) in [4.78, 5) is 246. The molecule has 2 unspecified atom stereocenters. The lowest BCUT2D eigenvalue weighted by atomic mass is 9.96. The maximum atomic E-state index is 15.2. The van der Waals surface area contributed by atoms with Gasteiger partial charge in [-0.3, -0.25) is 81.7 Å². The predicted octanol–water partition coefficient (Wildman–Crippen LogP) is -4.66. The van der Waals surface area contributed by atoms with Crippen LogP contribution in [0.1, 0.15) is 181 Å². The molecule has 14 atom stereocenters. The number of aliphatic carboxylic acids is 3. The van der Waals surface area contributed by atoms with Crippen LogP contribution < -0.4 is 97.4 Å². The van der Waals surface area contributed by atoms with E-state index in [1.807, 2.05) is 5.32 Å². The van der Waals surface area contributed by atoms with E-state index in [0.717, 1.165) is 31.2 Å². The third kappa shape index (κ3) is 37.3. The largest absolute Gasteiger partial charge is 0.481 e. The summed E-state index contributed by atoms with van der Waals surface area (Å²) in [6, 6.07) is -17.1. The number of aliphatic imine (C=N–C) groups is 1. The molecule has 0 bridgehead atoms. The van der Waals surface area contributed by atoms with Crippen molar-refractivity contribution >= 4 is 107 Å². The molecule has 1 saturated heterocycles. The van der Waals surface area contributed by atoms with Gasteiger partial charge < -0.3 is 123 Å². The number of nitrogens with zero attached hydrogens (tertiary/aromatic N) is 2. The van der Waals surface area contributed by atoms with Crippen molar-refractivity contribution in [2.45, 2.75) is 249 Å². The Hall–Kier alpha value is -11.5. The van der Waals surface area contributed by atoms with E-state index in [1.165, 1.54) is 12.5 Å². The molecule has 2 heterocycles. The minimum absolute atomic E-state index is 0.0167. The Kier molecular flexibility index (Phi) is 44.4. The number of aliphatic hydroxyl groups is 1. The third-order valence-corrected chi connectivity index (χ3v) is 18.6. The van der Waals surface area contributed by atoms with E-state index < -0.39 is 223 Å². The number of guanidine groups is 1. The van der Waals surface area contributed by atoms with Gasteiger partial charge in [0.2, 0.25) is 82.7 Å². The van der Waals surface area contributed by atoms with Gasteiger partial charge in [-0.1, -0.05) is 60.1 Å². The van der Waals surface area contributed by atoms with Gasteiger partial charge in [0.05, 0.1) is 19.4 Å². The lowest BCUT2D eigenvalue weighted by molar-refractivity contribution is -0.144. The topological polar surface area (TPSA) is 685 Å². The average molecular weight is 1660 g/mol. The van der Waals surface area contributed by atoms with Crippen molar-refractivity contribution < 1.29 is 106 Å². The number of hydrogen-bond donors (Lipinski definition) is 23. The van der Waals surface area contributed by atoms with Crippen LogP contribution in [0.2, 0.25) is 0 Å². The van der Waals surface area contributed by atoms with Crippen molar-refractivity contribution in [3.63, 3.8) is 0 Å². The highest BCUT2D eigenvalue weighted by Gasteiger charge is 2.40. The van der Waals surface area contributed by atoms with Gasteiger partial charge in [0.1, 0.15) is 84.4 Å². The van der Waals surface area contributed by atoms with Gasteiger partial charge in [-0.25, -0.2) is 14.2 Å². The number of nitrogens with two attached hydrogens (primary N) is 4. The maximum Gasteiger partial charge on any atom is 0.328 e. The standard InChI is InChI=1S/C74H118FN21O21/c1-8-40(6)59(95-66(109)46(16-10-12-28-77)87-69(112)53(33-44-35-80-37-83-44)92-61(104)45(15-9-11-27-76)85-64(107)49(84-41(7)98)24-26-57(100)101)71(114)96-60(42-19-21-43(75)22-20-42)72(115)89-50-23-25-56(99)81-29-13-17-48(63(106)93-54(34-58(102)103)70(113)94-55(36-97)73(116)117)88-67(110)51(31-38(2)3)91-68(111)52(32-39(4)5)90-62(105)47(86-65(50)108)18-14-30-82-74(78)79/h19-22,35,37-40,45-55,59-60,97H,8-18,23-34,36,76-77H2,1-7H3,(H,80,83)(H,81,99)(H,84,98)(H,85,107)(H,86,108)(H,87,112)(H,88,110)(H,89,115)(H,90,105)(H,91,111)(H,92,104)(H,93,106)(H,94,113)(H,95,109)(H,96,114)(H,100,101)(H,102,103)(H,116,117)(H4,78,79,82)/t40?,45-,46-,47-,48-,49-,50-,51-,52-,53-,54-,55-,59-,60?/m0/s1. The predicted molar refractivity (Wildman–Crippen MR) is 418 cm³/mol. The van der Waals surface area contributed by atoms with E-state index in [9.17, 15) is 91.9 Å². The number of carbonyl (C=O) groups is 17. The highest BCUT2D eigenvalue weighted by molar-refractivity contribution is 6.01. The first-order valence-corrected chi connectivity index (χ1v) is 38.9. The number of aromatic amines is 1. The Balaban J connectivity index is 2.20. The minimum Gasteiger partial charge on any atom is -0.481 e. The van der Waals surface area contributed by atoms with Crippen molar-refractivity contribution in [1.82, 2.24) is 84.4 Å². The molecule has 42 nitrogen and oxygen atoms in total. The Morgan fingerprint density at radius 3 is 1.64 bits per heavy atom.